The number of hydrogen-bond acceptors (Lipinski definition) is 2. The van der Waals surface area contributed by atoms with Crippen LogP contribution in [-0.2, 0) is 11.2 Å². The molecule has 0 saturated heterocycles. The predicted octanol–water partition coefficient (Wildman–Crippen LogP) is 3.62. The number of H-pyrrole nitrogens is 1. The molecule has 0 aliphatic carbocycles. The van der Waals surface area contributed by atoms with Crippen LogP contribution in [0.5, 0.6) is 0 Å². The van der Waals surface area contributed by atoms with Crippen molar-refractivity contribution in [2.75, 3.05) is 0 Å². The van der Waals surface area contributed by atoms with Gasteiger partial charge in [0.15, 0.2) is 0 Å². The van der Waals surface area contributed by atoms with E-state index >= 15 is 0 Å². The number of fused-ring (bicyclic) bond motifs is 1. The highest BCUT2D eigenvalue weighted by atomic mass is 16.6. The zero-order valence-electron chi connectivity index (χ0n) is 12.5. The molecule has 2 aromatic rings. The Bertz CT molecular complexity index is 563. The number of rotatable bonds is 3. The van der Waals surface area contributed by atoms with Gasteiger partial charge >= 0.3 is 6.09 Å². The van der Waals surface area contributed by atoms with E-state index in [1.165, 1.54) is 5.39 Å². The van der Waals surface area contributed by atoms with E-state index in [0.29, 0.717) is 0 Å². The molecule has 0 fully saturated rings. The van der Waals surface area contributed by atoms with Crippen molar-refractivity contribution < 1.29 is 9.53 Å². The fourth-order valence-corrected chi connectivity index (χ4v) is 2.13. The van der Waals surface area contributed by atoms with Gasteiger partial charge in [-0.15, -0.1) is 0 Å². The van der Waals surface area contributed by atoms with Gasteiger partial charge in [-0.05, 0) is 45.2 Å². The van der Waals surface area contributed by atoms with Crippen LogP contribution in [0, 0.1) is 0 Å². The average Bonchev–Trinajstić information content (AvgIpc) is 2.67. The standard InChI is InChI=1S/C16H22N2O2/c1-11(17-15(19)20-16(2,3)4)9-13-10-12-7-5-6-8-14(12)18-13/h5-8,10-11,18H,9H2,1-4H3,(H,17,19)/t11-/m1/s1. The third-order valence-corrected chi connectivity index (χ3v) is 2.87. The maximum atomic E-state index is 11.7. The molecule has 0 aliphatic heterocycles. The molecule has 1 aromatic carbocycles. The fraction of sp³-hybridized carbons (Fsp3) is 0.438. The predicted molar refractivity (Wildman–Crippen MR) is 80.8 cm³/mol. The summed E-state index contributed by atoms with van der Waals surface area (Å²) in [5, 5.41) is 4.04. The van der Waals surface area contributed by atoms with Gasteiger partial charge in [-0.25, -0.2) is 4.79 Å². The van der Waals surface area contributed by atoms with Crippen LogP contribution in [0.3, 0.4) is 0 Å². The summed E-state index contributed by atoms with van der Waals surface area (Å²) in [6.45, 7) is 7.54. The topological polar surface area (TPSA) is 54.1 Å². The van der Waals surface area contributed by atoms with E-state index < -0.39 is 5.60 Å². The number of para-hydroxylation sites is 1. The molecule has 0 radical (unpaired) electrons. The Morgan fingerprint density at radius 1 is 1.35 bits per heavy atom. The van der Waals surface area contributed by atoms with Gasteiger partial charge in [-0.2, -0.15) is 0 Å². The number of hydrogen-bond donors (Lipinski definition) is 2. The summed E-state index contributed by atoms with van der Waals surface area (Å²) in [5.41, 5.74) is 1.76. The lowest BCUT2D eigenvalue weighted by atomic mass is 10.2. The van der Waals surface area contributed by atoms with Crippen molar-refractivity contribution in [1.82, 2.24) is 10.3 Å². The first kappa shape index (κ1) is 14.4. The van der Waals surface area contributed by atoms with Crippen LogP contribution in [0.2, 0.25) is 0 Å². The number of nitrogens with one attached hydrogen (secondary N) is 2. The van der Waals surface area contributed by atoms with Crippen molar-refractivity contribution >= 4 is 17.0 Å². The van der Waals surface area contributed by atoms with E-state index in [-0.39, 0.29) is 12.1 Å². The van der Waals surface area contributed by atoms with E-state index in [1.54, 1.807) is 0 Å². The minimum atomic E-state index is -0.467. The second-order valence-electron chi connectivity index (χ2n) is 6.13. The van der Waals surface area contributed by atoms with E-state index in [0.717, 1.165) is 17.6 Å². The summed E-state index contributed by atoms with van der Waals surface area (Å²) in [5.74, 6) is 0. The maximum absolute atomic E-state index is 11.7. The molecular formula is C16H22N2O2. The van der Waals surface area contributed by atoms with Gasteiger partial charge in [0.2, 0.25) is 0 Å². The average molecular weight is 274 g/mol. The number of amides is 1. The van der Waals surface area contributed by atoms with Crippen LogP contribution < -0.4 is 5.32 Å². The molecular weight excluding hydrogens is 252 g/mol. The molecule has 1 amide bonds. The Morgan fingerprint density at radius 2 is 2.05 bits per heavy atom. The SMILES string of the molecule is C[C@H](Cc1cc2ccccc2[nH]1)NC(=O)OC(C)(C)C. The van der Waals surface area contributed by atoms with E-state index in [4.69, 9.17) is 4.74 Å². The molecule has 1 atom stereocenters. The van der Waals surface area contributed by atoms with Crippen molar-refractivity contribution in [2.45, 2.75) is 45.8 Å². The van der Waals surface area contributed by atoms with Gasteiger partial charge < -0.3 is 15.0 Å². The van der Waals surface area contributed by atoms with Crippen molar-refractivity contribution in [2.24, 2.45) is 0 Å². The van der Waals surface area contributed by atoms with Crippen molar-refractivity contribution in [3.8, 4) is 0 Å². The van der Waals surface area contributed by atoms with Gasteiger partial charge in [0.25, 0.3) is 0 Å². The Balaban J connectivity index is 1.94. The van der Waals surface area contributed by atoms with Gasteiger partial charge in [-0.3, -0.25) is 0 Å². The maximum Gasteiger partial charge on any atom is 0.407 e. The number of carbonyl (C=O) groups is 1. The molecule has 4 nitrogen and oxygen atoms in total. The van der Waals surface area contributed by atoms with E-state index in [1.807, 2.05) is 45.9 Å². The first-order valence-corrected chi connectivity index (χ1v) is 6.89. The molecule has 0 saturated carbocycles. The summed E-state index contributed by atoms with van der Waals surface area (Å²) in [6, 6.07) is 10.3. The van der Waals surface area contributed by atoms with Crippen LogP contribution in [0.25, 0.3) is 10.9 Å². The minimum Gasteiger partial charge on any atom is -0.444 e. The number of aromatic nitrogens is 1. The van der Waals surface area contributed by atoms with Crippen LogP contribution in [0.15, 0.2) is 30.3 Å². The molecule has 0 aliphatic rings. The van der Waals surface area contributed by atoms with E-state index in [2.05, 4.69) is 22.4 Å². The lowest BCUT2D eigenvalue weighted by Gasteiger charge is -2.21. The summed E-state index contributed by atoms with van der Waals surface area (Å²) in [4.78, 5) is 15.0. The molecule has 2 rings (SSSR count). The summed E-state index contributed by atoms with van der Waals surface area (Å²) >= 11 is 0. The zero-order valence-corrected chi connectivity index (χ0v) is 12.5. The highest BCUT2D eigenvalue weighted by Crippen LogP contribution is 2.16. The summed E-state index contributed by atoms with van der Waals surface area (Å²) < 4.78 is 5.24. The molecule has 1 heterocycles. The highest BCUT2D eigenvalue weighted by Gasteiger charge is 2.18. The number of carbonyl (C=O) groups excluding carboxylic acids is 1. The zero-order chi connectivity index (χ0) is 14.8. The van der Waals surface area contributed by atoms with Crippen molar-refractivity contribution in [1.29, 1.82) is 0 Å². The van der Waals surface area contributed by atoms with Crippen LogP contribution in [-0.4, -0.2) is 22.7 Å². The second kappa shape index (κ2) is 5.57. The van der Waals surface area contributed by atoms with Crippen LogP contribution in [0.1, 0.15) is 33.4 Å². The normalized spacial score (nSPS) is 13.2. The molecule has 2 N–H and O–H groups in total. The third-order valence-electron chi connectivity index (χ3n) is 2.87. The highest BCUT2D eigenvalue weighted by molar-refractivity contribution is 5.80. The summed E-state index contributed by atoms with van der Waals surface area (Å²) in [6.07, 6.45) is 0.370. The number of alkyl carbamates (subject to hydrolysis) is 1. The van der Waals surface area contributed by atoms with Crippen molar-refractivity contribution in [3.63, 3.8) is 0 Å². The third kappa shape index (κ3) is 4.02. The molecule has 108 valence electrons. The van der Waals surface area contributed by atoms with Gasteiger partial charge in [-0.1, -0.05) is 18.2 Å². The fourth-order valence-electron chi connectivity index (χ4n) is 2.13. The number of ether oxygens (including phenoxy) is 1. The Morgan fingerprint density at radius 3 is 2.70 bits per heavy atom. The van der Waals surface area contributed by atoms with Gasteiger partial charge in [0, 0.05) is 23.7 Å². The Labute approximate surface area is 119 Å². The number of aromatic amines is 1. The van der Waals surface area contributed by atoms with Gasteiger partial charge in [0.05, 0.1) is 0 Å². The lowest BCUT2D eigenvalue weighted by molar-refractivity contribution is 0.0508. The summed E-state index contributed by atoms with van der Waals surface area (Å²) in [7, 11) is 0. The quantitative estimate of drug-likeness (QED) is 0.898. The molecule has 1 aromatic heterocycles. The van der Waals surface area contributed by atoms with Crippen molar-refractivity contribution in [3.05, 3.63) is 36.0 Å². The number of benzene rings is 1. The Kier molecular flexibility index (Phi) is 4.02. The minimum absolute atomic E-state index is 0.0120. The first-order valence-electron chi connectivity index (χ1n) is 6.89. The van der Waals surface area contributed by atoms with E-state index in [9.17, 15) is 4.79 Å². The monoisotopic (exact) mass is 274 g/mol. The molecule has 0 unspecified atom stereocenters. The second-order valence-corrected chi connectivity index (χ2v) is 6.13. The van der Waals surface area contributed by atoms with Crippen LogP contribution >= 0.6 is 0 Å². The molecule has 0 spiro atoms. The van der Waals surface area contributed by atoms with Gasteiger partial charge in [0.1, 0.15) is 5.60 Å². The lowest BCUT2D eigenvalue weighted by Crippen LogP contribution is -2.38. The first-order chi connectivity index (χ1) is 9.33. The molecule has 20 heavy (non-hydrogen) atoms. The smallest absolute Gasteiger partial charge is 0.407 e. The Hall–Kier alpha value is -1.97. The molecule has 0 bridgehead atoms. The van der Waals surface area contributed by atoms with Crippen LogP contribution in [0.4, 0.5) is 4.79 Å². The largest absolute Gasteiger partial charge is 0.444 e. The molecule has 4 heteroatoms.